The number of aromatic nitrogens is 2. The molecule has 0 atom stereocenters. The maximum Gasteiger partial charge on any atom is 0.243 e. The van der Waals surface area contributed by atoms with Gasteiger partial charge in [-0.3, -0.25) is 4.98 Å². The Balaban J connectivity index is 1.56. The van der Waals surface area contributed by atoms with Gasteiger partial charge < -0.3 is 9.88 Å². The zero-order valence-electron chi connectivity index (χ0n) is 16.5. The number of H-pyrrole nitrogens is 1. The molecule has 0 amide bonds. The van der Waals surface area contributed by atoms with Gasteiger partial charge in [-0.1, -0.05) is 18.2 Å². The lowest BCUT2D eigenvalue weighted by atomic mass is 10.1. The summed E-state index contributed by atoms with van der Waals surface area (Å²) < 4.78 is 42.7. The Labute approximate surface area is 174 Å². The molecular formula is C22H21FN4O2S. The van der Waals surface area contributed by atoms with Crippen LogP contribution in [0.15, 0.2) is 59.6 Å². The molecule has 2 aromatic carbocycles. The van der Waals surface area contributed by atoms with Crippen LogP contribution in [0.1, 0.15) is 0 Å². The summed E-state index contributed by atoms with van der Waals surface area (Å²) in [7, 11) is -1.65. The fourth-order valence-corrected chi connectivity index (χ4v) is 5.34. The van der Waals surface area contributed by atoms with Crippen LogP contribution in [0, 0.1) is 5.82 Å². The average Bonchev–Trinajstić information content (AvgIpc) is 3.09. The van der Waals surface area contributed by atoms with E-state index >= 15 is 4.39 Å². The van der Waals surface area contributed by atoms with E-state index in [4.69, 9.17) is 0 Å². The minimum Gasteiger partial charge on any atom is -0.352 e. The summed E-state index contributed by atoms with van der Waals surface area (Å²) in [5.41, 5.74) is 2.20. The Morgan fingerprint density at radius 3 is 2.60 bits per heavy atom. The van der Waals surface area contributed by atoms with E-state index in [9.17, 15) is 8.42 Å². The SMILES string of the molecule is CN1CCN(S(=O)(=O)c2ccc3c(F)c(-c4cnc5ccccc5c4)[nH]c3c2)CC1. The molecule has 3 heterocycles. The zero-order valence-corrected chi connectivity index (χ0v) is 17.3. The van der Waals surface area contributed by atoms with Crippen molar-refractivity contribution in [2.24, 2.45) is 0 Å². The predicted molar refractivity (Wildman–Crippen MR) is 115 cm³/mol. The highest BCUT2D eigenvalue weighted by atomic mass is 32.2. The number of likely N-dealkylation sites (N-methyl/N-ethyl adjacent to an activating group) is 1. The molecule has 6 nitrogen and oxygen atoms in total. The van der Waals surface area contributed by atoms with Gasteiger partial charge in [0.1, 0.15) is 0 Å². The number of para-hydroxylation sites is 1. The molecular weight excluding hydrogens is 403 g/mol. The number of hydrogen-bond acceptors (Lipinski definition) is 4. The first-order chi connectivity index (χ1) is 14.4. The molecule has 0 unspecified atom stereocenters. The van der Waals surface area contributed by atoms with Gasteiger partial charge in [0.15, 0.2) is 5.82 Å². The van der Waals surface area contributed by atoms with Crippen LogP contribution in [-0.4, -0.2) is 60.8 Å². The molecule has 2 aromatic heterocycles. The van der Waals surface area contributed by atoms with Crippen molar-refractivity contribution >= 4 is 31.8 Å². The van der Waals surface area contributed by atoms with Crippen molar-refractivity contribution in [3.63, 3.8) is 0 Å². The van der Waals surface area contributed by atoms with E-state index in [2.05, 4.69) is 14.9 Å². The lowest BCUT2D eigenvalue weighted by Crippen LogP contribution is -2.46. The van der Waals surface area contributed by atoms with Crippen LogP contribution < -0.4 is 0 Å². The zero-order chi connectivity index (χ0) is 20.9. The lowest BCUT2D eigenvalue weighted by Gasteiger charge is -2.31. The largest absolute Gasteiger partial charge is 0.352 e. The van der Waals surface area contributed by atoms with Crippen LogP contribution in [0.2, 0.25) is 0 Å². The highest BCUT2D eigenvalue weighted by Gasteiger charge is 2.28. The van der Waals surface area contributed by atoms with Crippen LogP contribution in [0.4, 0.5) is 4.39 Å². The van der Waals surface area contributed by atoms with Gasteiger partial charge in [0.05, 0.1) is 21.6 Å². The quantitative estimate of drug-likeness (QED) is 0.547. The van der Waals surface area contributed by atoms with E-state index in [-0.39, 0.29) is 4.90 Å². The summed E-state index contributed by atoms with van der Waals surface area (Å²) in [5, 5.41) is 1.27. The highest BCUT2D eigenvalue weighted by Crippen LogP contribution is 2.32. The molecule has 30 heavy (non-hydrogen) atoms. The maximum atomic E-state index is 15.1. The number of halogens is 1. The first kappa shape index (κ1) is 19.2. The van der Waals surface area contributed by atoms with E-state index in [1.807, 2.05) is 37.4 Å². The monoisotopic (exact) mass is 424 g/mol. The lowest BCUT2D eigenvalue weighted by molar-refractivity contribution is 0.222. The molecule has 1 fully saturated rings. The predicted octanol–water partition coefficient (Wildman–Crippen LogP) is 3.46. The summed E-state index contributed by atoms with van der Waals surface area (Å²) in [6.07, 6.45) is 1.62. The van der Waals surface area contributed by atoms with Gasteiger partial charge in [-0.25, -0.2) is 12.8 Å². The third kappa shape index (κ3) is 3.17. The standard InChI is InChI=1S/C22H21FN4O2S/c1-26-8-10-27(11-9-26)30(28,29)17-6-7-18-20(13-17)25-22(21(18)23)16-12-15-4-2-3-5-19(15)24-14-16/h2-7,12-14,25H,8-11H2,1H3. The van der Waals surface area contributed by atoms with Crippen molar-refractivity contribution in [1.29, 1.82) is 0 Å². The molecule has 5 rings (SSSR count). The van der Waals surface area contributed by atoms with Gasteiger partial charge in [-0.05, 0) is 37.4 Å². The van der Waals surface area contributed by atoms with Crippen molar-refractivity contribution in [3.05, 3.63) is 60.5 Å². The van der Waals surface area contributed by atoms with E-state index in [0.29, 0.717) is 48.3 Å². The summed E-state index contributed by atoms with van der Waals surface area (Å²) in [6.45, 7) is 2.28. The third-order valence-electron chi connectivity index (χ3n) is 5.69. The van der Waals surface area contributed by atoms with Crippen LogP contribution in [-0.2, 0) is 10.0 Å². The minimum absolute atomic E-state index is 0.170. The first-order valence-corrected chi connectivity index (χ1v) is 11.2. The molecule has 0 bridgehead atoms. The average molecular weight is 425 g/mol. The molecule has 0 saturated carbocycles. The summed E-state index contributed by atoms with van der Waals surface area (Å²) in [6, 6.07) is 14.0. The number of hydrogen-bond donors (Lipinski definition) is 1. The summed E-state index contributed by atoms with van der Waals surface area (Å²) >= 11 is 0. The number of pyridine rings is 1. The van der Waals surface area contributed by atoms with Gasteiger partial charge in [-0.2, -0.15) is 4.31 Å². The van der Waals surface area contributed by atoms with Gasteiger partial charge >= 0.3 is 0 Å². The van der Waals surface area contributed by atoms with Crippen LogP contribution in [0.25, 0.3) is 33.1 Å². The van der Waals surface area contributed by atoms with E-state index in [0.717, 1.165) is 10.9 Å². The number of rotatable bonds is 3. The number of nitrogens with one attached hydrogen (secondary N) is 1. The number of aromatic amines is 1. The second kappa shape index (κ2) is 7.16. The molecule has 1 saturated heterocycles. The highest BCUT2D eigenvalue weighted by molar-refractivity contribution is 7.89. The van der Waals surface area contributed by atoms with Crippen molar-refractivity contribution in [1.82, 2.24) is 19.2 Å². The number of piperazine rings is 1. The number of fused-ring (bicyclic) bond motifs is 2. The first-order valence-electron chi connectivity index (χ1n) is 9.78. The summed E-state index contributed by atoms with van der Waals surface area (Å²) in [5.74, 6) is -0.411. The summed E-state index contributed by atoms with van der Waals surface area (Å²) in [4.78, 5) is 9.73. The number of benzene rings is 2. The minimum atomic E-state index is -3.62. The smallest absolute Gasteiger partial charge is 0.243 e. The topological polar surface area (TPSA) is 69.3 Å². The molecule has 1 N–H and O–H groups in total. The van der Waals surface area contributed by atoms with Crippen LogP contribution >= 0.6 is 0 Å². The number of nitrogens with zero attached hydrogens (tertiary/aromatic N) is 3. The Kier molecular flexibility index (Phi) is 4.57. The van der Waals surface area contributed by atoms with Crippen molar-refractivity contribution in [3.8, 4) is 11.3 Å². The fourth-order valence-electron chi connectivity index (χ4n) is 3.89. The van der Waals surface area contributed by atoms with Crippen molar-refractivity contribution in [2.45, 2.75) is 4.90 Å². The number of sulfonamides is 1. The van der Waals surface area contributed by atoms with Crippen LogP contribution in [0.3, 0.4) is 0 Å². The molecule has 154 valence electrons. The van der Waals surface area contributed by atoms with E-state index < -0.39 is 15.8 Å². The Morgan fingerprint density at radius 1 is 1.03 bits per heavy atom. The molecule has 0 aliphatic carbocycles. The Hall–Kier alpha value is -2.81. The second-order valence-corrected chi connectivity index (χ2v) is 9.58. The molecule has 1 aliphatic rings. The van der Waals surface area contributed by atoms with E-state index in [1.54, 1.807) is 6.20 Å². The molecule has 0 radical (unpaired) electrons. The third-order valence-corrected chi connectivity index (χ3v) is 7.58. The van der Waals surface area contributed by atoms with Gasteiger partial charge in [-0.15, -0.1) is 0 Å². The van der Waals surface area contributed by atoms with Crippen molar-refractivity contribution in [2.75, 3.05) is 33.2 Å². The Morgan fingerprint density at radius 2 is 1.80 bits per heavy atom. The Bertz CT molecular complexity index is 1360. The normalized spacial score (nSPS) is 16.5. The second-order valence-electron chi connectivity index (χ2n) is 7.65. The van der Waals surface area contributed by atoms with Crippen LogP contribution in [0.5, 0.6) is 0 Å². The molecule has 4 aromatic rings. The molecule has 1 aliphatic heterocycles. The maximum absolute atomic E-state index is 15.1. The molecule has 0 spiro atoms. The molecule has 8 heteroatoms. The van der Waals surface area contributed by atoms with Gasteiger partial charge in [0.25, 0.3) is 0 Å². The van der Waals surface area contributed by atoms with Crippen molar-refractivity contribution < 1.29 is 12.8 Å². The fraction of sp³-hybridized carbons (Fsp3) is 0.227. The van der Waals surface area contributed by atoms with Gasteiger partial charge in [0, 0.05) is 48.7 Å². The van der Waals surface area contributed by atoms with E-state index in [1.165, 1.54) is 22.5 Å². The van der Waals surface area contributed by atoms with Gasteiger partial charge in [0.2, 0.25) is 10.0 Å².